The van der Waals surface area contributed by atoms with E-state index in [1.807, 2.05) is 28.9 Å². The zero-order valence-electron chi connectivity index (χ0n) is 15.4. The lowest BCUT2D eigenvalue weighted by Gasteiger charge is -2.04. The number of nitrogens with two attached hydrogens (primary N) is 1. The van der Waals surface area contributed by atoms with Crippen molar-refractivity contribution in [3.05, 3.63) is 94.7 Å². The second kappa shape index (κ2) is 6.72. The molecular weight excluding hydrogens is 334 g/mol. The zero-order valence-corrected chi connectivity index (χ0v) is 15.4. The van der Waals surface area contributed by atoms with Gasteiger partial charge in [-0.25, -0.2) is 4.52 Å². The molecule has 2 heterocycles. The summed E-state index contributed by atoms with van der Waals surface area (Å²) >= 11 is 0. The average molecular weight is 355 g/mol. The first-order valence-electron chi connectivity index (χ1n) is 8.94. The minimum atomic E-state index is -0.402. The molecule has 4 rings (SSSR count). The second-order valence-corrected chi connectivity index (χ2v) is 6.97. The Morgan fingerprint density at radius 3 is 2.56 bits per heavy atom. The third-order valence-corrected chi connectivity index (χ3v) is 4.95. The first-order chi connectivity index (χ1) is 13.0. The summed E-state index contributed by atoms with van der Waals surface area (Å²) in [4.78, 5) is 11.4. The third-order valence-electron chi connectivity index (χ3n) is 4.95. The summed E-state index contributed by atoms with van der Waals surface area (Å²) in [7, 11) is 0. The summed E-state index contributed by atoms with van der Waals surface area (Å²) in [6.45, 7) is 4.23. The van der Waals surface area contributed by atoms with Gasteiger partial charge in [-0.3, -0.25) is 4.79 Å². The number of rotatable bonds is 4. The quantitative estimate of drug-likeness (QED) is 0.593. The van der Waals surface area contributed by atoms with Gasteiger partial charge in [0.05, 0.1) is 11.2 Å². The van der Waals surface area contributed by atoms with Crippen LogP contribution in [0.2, 0.25) is 0 Å². The van der Waals surface area contributed by atoms with Crippen LogP contribution >= 0.6 is 0 Å². The largest absolute Gasteiger partial charge is 0.366 e. The highest BCUT2D eigenvalue weighted by Gasteiger charge is 2.08. The topological polar surface area (TPSA) is 60.4 Å². The molecule has 0 aliphatic heterocycles. The Bertz CT molecular complexity index is 1160. The standard InChI is InChI=1S/C23H21N3O/c1-15-6-7-19(10-16(15)2)22-14-21-13-18(8-9-26(21)25-22)11-17-4-3-5-20(12-17)23(24)27/h3-10,12-14H,11H2,1-2H3,(H2,24,27). The molecule has 0 radical (unpaired) electrons. The lowest BCUT2D eigenvalue weighted by molar-refractivity contribution is 0.1000. The number of aryl methyl sites for hydroxylation is 2. The summed E-state index contributed by atoms with van der Waals surface area (Å²) in [6, 6.07) is 20.2. The van der Waals surface area contributed by atoms with Gasteiger partial charge in [0.2, 0.25) is 5.91 Å². The predicted molar refractivity (Wildman–Crippen MR) is 108 cm³/mol. The molecule has 0 unspecified atom stereocenters. The number of nitrogens with zero attached hydrogens (tertiary/aromatic N) is 2. The van der Waals surface area contributed by atoms with Crippen molar-refractivity contribution in [3.63, 3.8) is 0 Å². The maximum Gasteiger partial charge on any atom is 0.248 e. The highest BCUT2D eigenvalue weighted by Crippen LogP contribution is 2.23. The number of hydrogen-bond acceptors (Lipinski definition) is 2. The summed E-state index contributed by atoms with van der Waals surface area (Å²) in [5.41, 5.74) is 13.8. The molecule has 4 aromatic rings. The maximum absolute atomic E-state index is 11.4. The molecule has 0 fully saturated rings. The summed E-state index contributed by atoms with van der Waals surface area (Å²) in [6.07, 6.45) is 2.72. The van der Waals surface area contributed by atoms with Gasteiger partial charge in [-0.05, 0) is 78.9 Å². The predicted octanol–water partition coefficient (Wildman–Crippen LogP) is 4.31. The van der Waals surface area contributed by atoms with Crippen molar-refractivity contribution in [3.8, 4) is 11.3 Å². The van der Waals surface area contributed by atoms with Crippen LogP contribution in [0.4, 0.5) is 0 Å². The van der Waals surface area contributed by atoms with E-state index in [1.165, 1.54) is 11.1 Å². The number of fused-ring (bicyclic) bond motifs is 1. The smallest absolute Gasteiger partial charge is 0.248 e. The molecule has 0 saturated heterocycles. The molecule has 0 aliphatic rings. The fourth-order valence-corrected chi connectivity index (χ4v) is 3.26. The molecule has 2 N–H and O–H groups in total. The van der Waals surface area contributed by atoms with E-state index in [9.17, 15) is 4.79 Å². The van der Waals surface area contributed by atoms with Crippen LogP contribution in [0.25, 0.3) is 16.8 Å². The number of primary amides is 1. The molecule has 134 valence electrons. The van der Waals surface area contributed by atoms with E-state index < -0.39 is 5.91 Å². The Kier molecular flexibility index (Phi) is 4.24. The summed E-state index contributed by atoms with van der Waals surface area (Å²) in [5, 5.41) is 4.69. The molecule has 4 heteroatoms. The average Bonchev–Trinajstić information content (AvgIpc) is 3.07. The Balaban J connectivity index is 1.65. The summed E-state index contributed by atoms with van der Waals surface area (Å²) < 4.78 is 1.90. The first-order valence-corrected chi connectivity index (χ1v) is 8.94. The van der Waals surface area contributed by atoms with Crippen molar-refractivity contribution < 1.29 is 4.79 Å². The van der Waals surface area contributed by atoms with E-state index in [2.05, 4.69) is 50.2 Å². The molecular formula is C23H21N3O. The fraction of sp³-hybridized carbons (Fsp3) is 0.130. The van der Waals surface area contributed by atoms with Gasteiger partial charge < -0.3 is 5.73 Å². The number of amides is 1. The minimum Gasteiger partial charge on any atom is -0.366 e. The minimum absolute atomic E-state index is 0.402. The molecule has 0 saturated carbocycles. The number of benzene rings is 2. The van der Waals surface area contributed by atoms with Crippen LogP contribution < -0.4 is 5.73 Å². The number of hydrogen-bond donors (Lipinski definition) is 1. The van der Waals surface area contributed by atoms with Crippen molar-refractivity contribution in [2.45, 2.75) is 20.3 Å². The molecule has 2 aromatic carbocycles. The van der Waals surface area contributed by atoms with E-state index in [0.717, 1.165) is 34.3 Å². The molecule has 1 amide bonds. The summed E-state index contributed by atoms with van der Waals surface area (Å²) in [5.74, 6) is -0.402. The van der Waals surface area contributed by atoms with Gasteiger partial charge in [-0.15, -0.1) is 0 Å². The number of aromatic nitrogens is 2. The molecule has 0 spiro atoms. The van der Waals surface area contributed by atoms with Crippen molar-refractivity contribution in [1.29, 1.82) is 0 Å². The van der Waals surface area contributed by atoms with E-state index in [0.29, 0.717) is 5.56 Å². The van der Waals surface area contributed by atoms with Gasteiger partial charge in [0.1, 0.15) is 0 Å². The van der Waals surface area contributed by atoms with Crippen LogP contribution in [0.3, 0.4) is 0 Å². The van der Waals surface area contributed by atoms with Crippen LogP contribution in [0, 0.1) is 13.8 Å². The molecule has 4 nitrogen and oxygen atoms in total. The van der Waals surface area contributed by atoms with Crippen LogP contribution in [-0.4, -0.2) is 15.5 Å². The highest BCUT2D eigenvalue weighted by molar-refractivity contribution is 5.92. The lowest BCUT2D eigenvalue weighted by atomic mass is 10.0. The van der Waals surface area contributed by atoms with E-state index >= 15 is 0 Å². The lowest BCUT2D eigenvalue weighted by Crippen LogP contribution is -2.11. The van der Waals surface area contributed by atoms with Gasteiger partial charge in [0, 0.05) is 17.3 Å². The molecule has 0 bridgehead atoms. The number of pyridine rings is 1. The van der Waals surface area contributed by atoms with Crippen LogP contribution in [0.1, 0.15) is 32.6 Å². The Labute approximate surface area is 158 Å². The van der Waals surface area contributed by atoms with Crippen molar-refractivity contribution in [2.75, 3.05) is 0 Å². The van der Waals surface area contributed by atoms with Gasteiger partial charge in [0.15, 0.2) is 0 Å². The maximum atomic E-state index is 11.4. The molecule has 2 aromatic heterocycles. The highest BCUT2D eigenvalue weighted by atomic mass is 16.1. The Morgan fingerprint density at radius 2 is 1.78 bits per heavy atom. The van der Waals surface area contributed by atoms with Crippen LogP contribution in [0.15, 0.2) is 66.9 Å². The monoisotopic (exact) mass is 355 g/mol. The first kappa shape index (κ1) is 17.0. The fourth-order valence-electron chi connectivity index (χ4n) is 3.26. The van der Waals surface area contributed by atoms with Gasteiger partial charge in [0.25, 0.3) is 0 Å². The molecule has 0 atom stereocenters. The van der Waals surface area contributed by atoms with E-state index in [1.54, 1.807) is 6.07 Å². The van der Waals surface area contributed by atoms with Gasteiger partial charge in [-0.1, -0.05) is 24.3 Å². The molecule has 0 aliphatic carbocycles. The van der Waals surface area contributed by atoms with Crippen molar-refractivity contribution in [2.24, 2.45) is 5.73 Å². The Morgan fingerprint density at radius 1 is 0.963 bits per heavy atom. The number of carbonyl (C=O) groups is 1. The normalized spacial score (nSPS) is 11.0. The number of carbonyl (C=O) groups excluding carboxylic acids is 1. The van der Waals surface area contributed by atoms with Crippen molar-refractivity contribution >= 4 is 11.4 Å². The Hall–Kier alpha value is -3.40. The van der Waals surface area contributed by atoms with Crippen LogP contribution in [-0.2, 0) is 6.42 Å². The van der Waals surface area contributed by atoms with Gasteiger partial charge in [-0.2, -0.15) is 5.10 Å². The SMILES string of the molecule is Cc1ccc(-c2cc3cc(Cc4cccc(C(N)=O)c4)ccn3n2)cc1C. The van der Waals surface area contributed by atoms with Crippen LogP contribution in [0.5, 0.6) is 0 Å². The van der Waals surface area contributed by atoms with Gasteiger partial charge >= 0.3 is 0 Å². The van der Waals surface area contributed by atoms with E-state index in [4.69, 9.17) is 10.8 Å². The van der Waals surface area contributed by atoms with Crippen molar-refractivity contribution in [1.82, 2.24) is 9.61 Å². The second-order valence-electron chi connectivity index (χ2n) is 6.97. The third kappa shape index (κ3) is 3.47. The molecule has 27 heavy (non-hydrogen) atoms. The van der Waals surface area contributed by atoms with E-state index in [-0.39, 0.29) is 0 Å². The zero-order chi connectivity index (χ0) is 19.0.